The summed E-state index contributed by atoms with van der Waals surface area (Å²) in [6.45, 7) is 2.96. The van der Waals surface area contributed by atoms with Crippen LogP contribution in [0.5, 0.6) is 5.75 Å². The molecular weight excluding hydrogens is 494 g/mol. The van der Waals surface area contributed by atoms with E-state index >= 15 is 0 Å². The van der Waals surface area contributed by atoms with Gasteiger partial charge in [0.2, 0.25) is 0 Å². The first-order valence-corrected chi connectivity index (χ1v) is 10.8. The normalized spacial score (nSPS) is 15.7. The highest BCUT2D eigenvalue weighted by atomic mass is 79.9. The first-order valence-electron chi connectivity index (χ1n) is 8.40. The van der Waals surface area contributed by atoms with Crippen LogP contribution in [0.15, 0.2) is 56.3 Å². The van der Waals surface area contributed by atoms with Crippen LogP contribution in [-0.4, -0.2) is 22.7 Å². The number of hydrogen-bond acceptors (Lipinski definition) is 4. The first kappa shape index (κ1) is 20.2. The van der Waals surface area contributed by atoms with Gasteiger partial charge in [0.15, 0.2) is 0 Å². The quantitative estimate of drug-likeness (QED) is 0.431. The van der Waals surface area contributed by atoms with Crippen LogP contribution in [0.2, 0.25) is 0 Å². The van der Waals surface area contributed by atoms with Crippen LogP contribution in [0.1, 0.15) is 24.5 Å². The van der Waals surface area contributed by atoms with Crippen molar-refractivity contribution in [3.05, 3.63) is 67.4 Å². The number of carbonyl (C=O) groups is 2. The molecule has 1 aliphatic rings. The maximum atomic E-state index is 12.7. The summed E-state index contributed by atoms with van der Waals surface area (Å²) in [5, 5.41) is -0.254. The lowest BCUT2D eigenvalue weighted by molar-refractivity contribution is -0.123. The standard InChI is InChI=1S/C20H17Br2NO3S/c1-2-9-26-17-8-5-14(10-16(17)22)11-18-19(24)23(20(25)27-18)12-13-3-6-15(21)7-4-13/h3-8,10-11H,2,9,12H2,1H3/b18-11-. The van der Waals surface area contributed by atoms with E-state index in [1.807, 2.05) is 49.4 Å². The Labute approximate surface area is 179 Å². The zero-order valence-corrected chi connectivity index (χ0v) is 18.6. The summed E-state index contributed by atoms with van der Waals surface area (Å²) in [7, 11) is 0. The second-order valence-corrected chi connectivity index (χ2v) is 8.70. The molecule has 1 fully saturated rings. The molecule has 0 atom stereocenters. The van der Waals surface area contributed by atoms with E-state index < -0.39 is 0 Å². The molecule has 0 unspecified atom stereocenters. The van der Waals surface area contributed by atoms with Gasteiger partial charge in [-0.15, -0.1) is 0 Å². The molecule has 2 amide bonds. The number of imide groups is 1. The maximum absolute atomic E-state index is 12.7. The van der Waals surface area contributed by atoms with Gasteiger partial charge >= 0.3 is 0 Å². The van der Waals surface area contributed by atoms with Crippen molar-refractivity contribution in [1.82, 2.24) is 4.90 Å². The van der Waals surface area contributed by atoms with Crippen molar-refractivity contribution in [1.29, 1.82) is 0 Å². The van der Waals surface area contributed by atoms with Gasteiger partial charge < -0.3 is 4.74 Å². The van der Waals surface area contributed by atoms with E-state index in [2.05, 4.69) is 31.9 Å². The van der Waals surface area contributed by atoms with Gasteiger partial charge in [0.1, 0.15) is 5.75 Å². The van der Waals surface area contributed by atoms with Crippen LogP contribution >= 0.6 is 43.6 Å². The molecule has 4 nitrogen and oxygen atoms in total. The Bertz CT molecular complexity index is 897. The Balaban J connectivity index is 1.75. The third kappa shape index (κ3) is 5.03. The van der Waals surface area contributed by atoms with E-state index in [4.69, 9.17) is 4.74 Å². The number of hydrogen-bond donors (Lipinski definition) is 0. The summed E-state index contributed by atoms with van der Waals surface area (Å²) in [5.74, 6) is 0.493. The Kier molecular flexibility index (Phi) is 6.78. The van der Waals surface area contributed by atoms with E-state index in [1.165, 1.54) is 4.90 Å². The fourth-order valence-corrected chi connectivity index (χ4v) is 4.11. The summed E-state index contributed by atoms with van der Waals surface area (Å²) >= 11 is 7.83. The summed E-state index contributed by atoms with van der Waals surface area (Å²) < 4.78 is 7.41. The van der Waals surface area contributed by atoms with Crippen molar-refractivity contribution < 1.29 is 14.3 Å². The number of ether oxygens (including phenoxy) is 1. The Morgan fingerprint density at radius 1 is 1.11 bits per heavy atom. The fourth-order valence-electron chi connectivity index (χ4n) is 2.50. The van der Waals surface area contributed by atoms with E-state index in [0.717, 1.165) is 44.0 Å². The molecular formula is C20H17Br2NO3S. The monoisotopic (exact) mass is 509 g/mol. The van der Waals surface area contributed by atoms with Gasteiger partial charge in [-0.3, -0.25) is 14.5 Å². The van der Waals surface area contributed by atoms with Gasteiger partial charge in [-0.1, -0.05) is 41.1 Å². The number of benzene rings is 2. The van der Waals surface area contributed by atoms with E-state index in [-0.39, 0.29) is 17.7 Å². The van der Waals surface area contributed by atoms with Gasteiger partial charge in [0, 0.05) is 4.47 Å². The van der Waals surface area contributed by atoms with Crippen LogP contribution in [0, 0.1) is 0 Å². The van der Waals surface area contributed by atoms with Gasteiger partial charge in [-0.25, -0.2) is 0 Å². The van der Waals surface area contributed by atoms with Crippen molar-refractivity contribution >= 4 is 60.8 Å². The number of halogens is 2. The Hall–Kier alpha value is -1.57. The lowest BCUT2D eigenvalue weighted by atomic mass is 10.2. The fraction of sp³-hybridized carbons (Fsp3) is 0.200. The molecule has 140 valence electrons. The average molecular weight is 511 g/mol. The highest BCUT2D eigenvalue weighted by Gasteiger charge is 2.34. The topological polar surface area (TPSA) is 46.6 Å². The lowest BCUT2D eigenvalue weighted by Crippen LogP contribution is -2.27. The number of rotatable bonds is 6. The second kappa shape index (κ2) is 9.08. The molecule has 0 saturated carbocycles. The SMILES string of the molecule is CCCOc1ccc(/C=C2\SC(=O)N(Cc3ccc(Br)cc3)C2=O)cc1Br. The predicted molar refractivity (Wildman–Crippen MR) is 116 cm³/mol. The Morgan fingerprint density at radius 2 is 1.85 bits per heavy atom. The Morgan fingerprint density at radius 3 is 2.52 bits per heavy atom. The number of nitrogens with zero attached hydrogens (tertiary/aromatic N) is 1. The molecule has 0 aromatic heterocycles. The summed E-state index contributed by atoms with van der Waals surface area (Å²) in [5.41, 5.74) is 1.74. The lowest BCUT2D eigenvalue weighted by Gasteiger charge is -2.12. The van der Waals surface area contributed by atoms with Crippen molar-refractivity contribution in [3.8, 4) is 5.75 Å². The van der Waals surface area contributed by atoms with Crippen LogP contribution in [0.3, 0.4) is 0 Å². The first-order chi connectivity index (χ1) is 13.0. The average Bonchev–Trinajstić information content (AvgIpc) is 2.90. The second-order valence-electron chi connectivity index (χ2n) is 5.93. The molecule has 2 aromatic rings. The molecule has 0 spiro atoms. The van der Waals surface area contributed by atoms with E-state index in [9.17, 15) is 9.59 Å². The predicted octanol–water partition coefficient (Wildman–Crippen LogP) is 6.24. The van der Waals surface area contributed by atoms with Crippen LogP contribution < -0.4 is 4.74 Å². The molecule has 1 heterocycles. The highest BCUT2D eigenvalue weighted by Crippen LogP contribution is 2.34. The molecule has 0 N–H and O–H groups in total. The molecule has 1 aliphatic heterocycles. The number of carbonyl (C=O) groups excluding carboxylic acids is 2. The van der Waals surface area contributed by atoms with Crippen molar-refractivity contribution in [2.24, 2.45) is 0 Å². The molecule has 0 radical (unpaired) electrons. The van der Waals surface area contributed by atoms with Crippen molar-refractivity contribution in [3.63, 3.8) is 0 Å². The van der Waals surface area contributed by atoms with Crippen LogP contribution in [-0.2, 0) is 11.3 Å². The molecule has 2 aromatic carbocycles. The minimum absolute atomic E-state index is 0.254. The minimum atomic E-state index is -0.268. The molecule has 27 heavy (non-hydrogen) atoms. The highest BCUT2D eigenvalue weighted by molar-refractivity contribution is 9.10. The molecule has 3 rings (SSSR count). The molecule has 7 heteroatoms. The van der Waals surface area contributed by atoms with Gasteiger partial charge in [0.05, 0.1) is 22.5 Å². The third-order valence-electron chi connectivity index (χ3n) is 3.84. The number of thioether (sulfide) groups is 1. The van der Waals surface area contributed by atoms with Crippen LogP contribution in [0.25, 0.3) is 6.08 Å². The van der Waals surface area contributed by atoms with Gasteiger partial charge in [-0.05, 0) is 75.6 Å². The molecule has 1 saturated heterocycles. The molecule has 0 aliphatic carbocycles. The third-order valence-corrected chi connectivity index (χ3v) is 5.90. The van der Waals surface area contributed by atoms with Crippen molar-refractivity contribution in [2.75, 3.05) is 6.61 Å². The summed E-state index contributed by atoms with van der Waals surface area (Å²) in [4.78, 5) is 26.6. The number of amides is 2. The van der Waals surface area contributed by atoms with E-state index in [0.29, 0.717) is 11.5 Å². The zero-order valence-electron chi connectivity index (χ0n) is 14.6. The summed E-state index contributed by atoms with van der Waals surface area (Å²) in [6, 6.07) is 13.2. The van der Waals surface area contributed by atoms with E-state index in [1.54, 1.807) is 6.08 Å². The van der Waals surface area contributed by atoms with Crippen molar-refractivity contribution in [2.45, 2.75) is 19.9 Å². The summed E-state index contributed by atoms with van der Waals surface area (Å²) in [6.07, 6.45) is 2.67. The minimum Gasteiger partial charge on any atom is -0.492 e. The zero-order chi connectivity index (χ0) is 19.4. The largest absolute Gasteiger partial charge is 0.492 e. The van der Waals surface area contributed by atoms with Crippen LogP contribution in [0.4, 0.5) is 4.79 Å². The van der Waals surface area contributed by atoms with Gasteiger partial charge in [0.25, 0.3) is 11.1 Å². The smallest absolute Gasteiger partial charge is 0.293 e. The maximum Gasteiger partial charge on any atom is 0.293 e. The van der Waals surface area contributed by atoms with Gasteiger partial charge in [-0.2, -0.15) is 0 Å². The molecule has 0 bridgehead atoms.